The molecule has 0 fully saturated rings. The van der Waals surface area contributed by atoms with Crippen LogP contribution in [-0.4, -0.2) is 19.4 Å². The highest BCUT2D eigenvalue weighted by Crippen LogP contribution is 2.08. The van der Waals surface area contributed by atoms with Crippen molar-refractivity contribution in [1.29, 1.82) is 0 Å². The molecule has 2 amide bonds. The largest absolute Gasteiger partial charge is 0.334 e. The van der Waals surface area contributed by atoms with Crippen LogP contribution in [0, 0.1) is 0 Å². The van der Waals surface area contributed by atoms with Crippen LogP contribution >= 0.6 is 0 Å². The molecule has 0 bridgehead atoms. The first-order chi connectivity index (χ1) is 11.3. The Labute approximate surface area is 141 Å². The Bertz CT molecular complexity index is 777. The third-order valence-electron chi connectivity index (χ3n) is 3.32. The molecule has 0 radical (unpaired) electrons. The number of urea groups is 1. The first kappa shape index (κ1) is 17.9. The molecule has 1 aromatic carbocycles. The van der Waals surface area contributed by atoms with Crippen molar-refractivity contribution in [1.82, 2.24) is 15.6 Å². The fourth-order valence-electron chi connectivity index (χ4n) is 2.12. The van der Waals surface area contributed by atoms with Gasteiger partial charge in [0.1, 0.15) is 0 Å². The highest BCUT2D eigenvalue weighted by Gasteiger charge is 2.10. The van der Waals surface area contributed by atoms with Gasteiger partial charge in [0, 0.05) is 12.7 Å². The van der Waals surface area contributed by atoms with Crippen molar-refractivity contribution in [2.45, 2.75) is 25.3 Å². The van der Waals surface area contributed by atoms with E-state index in [4.69, 9.17) is 5.14 Å². The number of pyridine rings is 1. The van der Waals surface area contributed by atoms with Gasteiger partial charge in [-0.1, -0.05) is 30.3 Å². The molecule has 2 aromatic rings. The number of benzene rings is 1. The van der Waals surface area contributed by atoms with Crippen molar-refractivity contribution < 1.29 is 13.2 Å². The van der Waals surface area contributed by atoms with Crippen LogP contribution in [0.3, 0.4) is 0 Å². The van der Waals surface area contributed by atoms with Crippen molar-refractivity contribution in [3.8, 4) is 0 Å². The Morgan fingerprint density at radius 1 is 1.17 bits per heavy atom. The maximum atomic E-state index is 11.9. The fraction of sp³-hybridized carbons (Fsp3) is 0.250. The first-order valence-corrected chi connectivity index (χ1v) is 9.08. The monoisotopic (exact) mass is 348 g/mol. The summed E-state index contributed by atoms with van der Waals surface area (Å²) in [6.07, 6.45) is 1.68. The van der Waals surface area contributed by atoms with E-state index in [0.717, 1.165) is 11.3 Å². The third kappa shape index (κ3) is 5.98. The average molecular weight is 348 g/mol. The number of carbonyl (C=O) groups excluding carboxylic acids is 1. The number of hydrogen-bond donors (Lipinski definition) is 3. The van der Waals surface area contributed by atoms with E-state index in [1.54, 1.807) is 30.5 Å². The Hall–Kier alpha value is -2.45. The lowest BCUT2D eigenvalue weighted by Gasteiger charge is -2.14. The molecule has 0 saturated carbocycles. The van der Waals surface area contributed by atoms with Crippen molar-refractivity contribution in [2.75, 3.05) is 0 Å². The molecule has 8 heteroatoms. The number of sulfonamides is 1. The number of rotatable bonds is 6. The minimum absolute atomic E-state index is 0.205. The Balaban J connectivity index is 1.83. The van der Waals surface area contributed by atoms with E-state index in [1.807, 2.05) is 25.1 Å². The normalized spacial score (nSPS) is 12.4. The second kappa shape index (κ2) is 7.89. The smallest absolute Gasteiger partial charge is 0.315 e. The number of nitrogens with zero attached hydrogens (tertiary/aromatic N) is 1. The van der Waals surface area contributed by atoms with Crippen LogP contribution in [0.2, 0.25) is 0 Å². The summed E-state index contributed by atoms with van der Waals surface area (Å²) >= 11 is 0. The van der Waals surface area contributed by atoms with E-state index in [9.17, 15) is 13.2 Å². The molecular weight excluding hydrogens is 328 g/mol. The molecule has 0 spiro atoms. The van der Waals surface area contributed by atoms with Gasteiger partial charge in [-0.3, -0.25) is 4.98 Å². The van der Waals surface area contributed by atoms with Crippen molar-refractivity contribution >= 4 is 16.1 Å². The van der Waals surface area contributed by atoms with Crippen molar-refractivity contribution in [2.24, 2.45) is 5.14 Å². The number of carbonyl (C=O) groups is 1. The lowest BCUT2D eigenvalue weighted by atomic mass is 10.1. The molecule has 0 aliphatic carbocycles. The molecule has 0 saturated heterocycles. The summed E-state index contributed by atoms with van der Waals surface area (Å²) in [5.74, 6) is -0.206. The predicted molar refractivity (Wildman–Crippen MR) is 91.3 cm³/mol. The molecule has 0 aliphatic heterocycles. The van der Waals surface area contributed by atoms with Gasteiger partial charge in [-0.05, 0) is 30.2 Å². The van der Waals surface area contributed by atoms with Crippen LogP contribution in [0.5, 0.6) is 0 Å². The van der Waals surface area contributed by atoms with Crippen LogP contribution in [0.4, 0.5) is 4.79 Å². The van der Waals surface area contributed by atoms with Crippen LogP contribution in [0.15, 0.2) is 48.7 Å². The highest BCUT2D eigenvalue weighted by atomic mass is 32.2. The Kier molecular flexibility index (Phi) is 5.88. The third-order valence-corrected chi connectivity index (χ3v) is 4.06. The van der Waals surface area contributed by atoms with Crippen LogP contribution in [0.1, 0.15) is 29.8 Å². The second-order valence-electron chi connectivity index (χ2n) is 5.43. The van der Waals surface area contributed by atoms with E-state index in [0.29, 0.717) is 12.1 Å². The van der Waals surface area contributed by atoms with E-state index >= 15 is 0 Å². The number of aromatic nitrogens is 1. The van der Waals surface area contributed by atoms with Gasteiger partial charge in [0.05, 0.1) is 17.5 Å². The van der Waals surface area contributed by atoms with Crippen LogP contribution < -0.4 is 15.8 Å². The molecule has 1 atom stereocenters. The molecule has 1 heterocycles. The standard InChI is InChI=1S/C16H20N4O3S/c1-12(15-4-2-3-9-18-15)20-16(21)19-10-13-5-7-14(8-6-13)11-24(17,22)23/h2-9,12H,10-11H2,1H3,(H2,17,22,23)(H2,19,20,21)/t12-/m1/s1. The lowest BCUT2D eigenvalue weighted by Crippen LogP contribution is -2.36. The molecule has 1 aromatic heterocycles. The molecule has 0 aliphatic rings. The topological polar surface area (TPSA) is 114 Å². The maximum absolute atomic E-state index is 11.9. The molecule has 128 valence electrons. The summed E-state index contributed by atoms with van der Waals surface area (Å²) in [6.45, 7) is 2.18. The van der Waals surface area contributed by atoms with Crippen molar-refractivity contribution in [3.05, 3.63) is 65.5 Å². The number of primary sulfonamides is 1. The van der Waals surface area contributed by atoms with Gasteiger partial charge in [0.2, 0.25) is 10.0 Å². The number of nitrogens with one attached hydrogen (secondary N) is 2. The molecule has 24 heavy (non-hydrogen) atoms. The van der Waals surface area contributed by atoms with Gasteiger partial charge >= 0.3 is 6.03 Å². The van der Waals surface area contributed by atoms with Gasteiger partial charge in [0.15, 0.2) is 0 Å². The highest BCUT2D eigenvalue weighted by molar-refractivity contribution is 7.88. The Morgan fingerprint density at radius 3 is 2.42 bits per heavy atom. The number of hydrogen-bond acceptors (Lipinski definition) is 4. The molecule has 4 N–H and O–H groups in total. The summed E-state index contributed by atoms with van der Waals surface area (Å²) in [6, 6.07) is 11.9. The van der Waals surface area contributed by atoms with Crippen molar-refractivity contribution in [3.63, 3.8) is 0 Å². The van der Waals surface area contributed by atoms with E-state index in [-0.39, 0.29) is 17.8 Å². The maximum Gasteiger partial charge on any atom is 0.315 e. The Morgan fingerprint density at radius 2 is 1.83 bits per heavy atom. The van der Waals surface area contributed by atoms with E-state index in [2.05, 4.69) is 15.6 Å². The SMILES string of the molecule is C[C@@H](NC(=O)NCc1ccc(CS(N)(=O)=O)cc1)c1ccccn1. The summed E-state index contributed by atoms with van der Waals surface area (Å²) in [4.78, 5) is 16.1. The van der Waals surface area contributed by atoms with Crippen LogP contribution in [0.25, 0.3) is 0 Å². The summed E-state index contributed by atoms with van der Waals surface area (Å²) in [5, 5.41) is 10.5. The van der Waals surface area contributed by atoms with Gasteiger partial charge < -0.3 is 10.6 Å². The minimum atomic E-state index is -3.54. The molecular formula is C16H20N4O3S. The fourth-order valence-corrected chi connectivity index (χ4v) is 2.78. The van der Waals surface area contributed by atoms with E-state index < -0.39 is 10.0 Å². The zero-order valence-electron chi connectivity index (χ0n) is 13.3. The number of nitrogens with two attached hydrogens (primary N) is 1. The molecule has 0 unspecified atom stereocenters. The predicted octanol–water partition coefficient (Wildman–Crippen LogP) is 1.43. The average Bonchev–Trinajstić information content (AvgIpc) is 2.53. The number of amides is 2. The van der Waals surface area contributed by atoms with Crippen LogP contribution in [-0.2, 0) is 22.3 Å². The zero-order valence-corrected chi connectivity index (χ0v) is 14.1. The molecule has 7 nitrogen and oxygen atoms in total. The summed E-state index contributed by atoms with van der Waals surface area (Å²) in [5.41, 5.74) is 2.24. The first-order valence-electron chi connectivity index (χ1n) is 7.37. The minimum Gasteiger partial charge on any atom is -0.334 e. The van der Waals surface area contributed by atoms with Gasteiger partial charge in [-0.2, -0.15) is 0 Å². The van der Waals surface area contributed by atoms with E-state index in [1.165, 1.54) is 0 Å². The van der Waals surface area contributed by atoms with Gasteiger partial charge in [-0.25, -0.2) is 18.4 Å². The lowest BCUT2D eigenvalue weighted by molar-refractivity contribution is 0.237. The molecule has 2 rings (SSSR count). The van der Waals surface area contributed by atoms with Gasteiger partial charge in [0.25, 0.3) is 0 Å². The summed E-state index contributed by atoms with van der Waals surface area (Å²) < 4.78 is 22.1. The summed E-state index contributed by atoms with van der Waals surface area (Å²) in [7, 11) is -3.54. The quantitative estimate of drug-likeness (QED) is 0.732. The second-order valence-corrected chi connectivity index (χ2v) is 7.04. The zero-order chi connectivity index (χ0) is 17.6. The van der Waals surface area contributed by atoms with Gasteiger partial charge in [-0.15, -0.1) is 0 Å².